The van der Waals surface area contributed by atoms with Crippen LogP contribution in [0.1, 0.15) is 31.8 Å². The third-order valence-corrected chi connectivity index (χ3v) is 3.04. The largest absolute Gasteiger partial charge is 0.366 e. The van der Waals surface area contributed by atoms with Crippen molar-refractivity contribution in [3.8, 4) is 0 Å². The minimum absolute atomic E-state index is 0.215. The number of hydrogen-bond donors (Lipinski definition) is 2. The van der Waals surface area contributed by atoms with Gasteiger partial charge in [-0.3, -0.25) is 9.59 Å². The highest BCUT2D eigenvalue weighted by molar-refractivity contribution is 6.05. The number of aryl methyl sites for hydroxylation is 2. The molecule has 0 saturated heterocycles. The lowest BCUT2D eigenvalue weighted by atomic mass is 10.1. The number of carbonyl (C=O) groups is 2. The number of nitrogens with two attached hydrogens (primary N) is 1. The lowest BCUT2D eigenvalue weighted by molar-refractivity contribution is 0.0995. The van der Waals surface area contributed by atoms with Crippen molar-refractivity contribution >= 4 is 17.5 Å². The predicted octanol–water partition coefficient (Wildman–Crippen LogP) is 2.65. The van der Waals surface area contributed by atoms with Gasteiger partial charge in [0.1, 0.15) is 0 Å². The van der Waals surface area contributed by atoms with E-state index in [0.29, 0.717) is 16.8 Å². The molecule has 20 heavy (non-hydrogen) atoms. The van der Waals surface area contributed by atoms with E-state index in [-0.39, 0.29) is 5.91 Å². The fourth-order valence-electron chi connectivity index (χ4n) is 1.95. The van der Waals surface area contributed by atoms with Crippen LogP contribution in [-0.2, 0) is 0 Å². The highest BCUT2D eigenvalue weighted by Crippen LogP contribution is 2.16. The molecular weight excluding hydrogens is 252 g/mol. The first-order valence-corrected chi connectivity index (χ1v) is 6.26. The maximum absolute atomic E-state index is 12.1. The topological polar surface area (TPSA) is 72.2 Å². The number of anilines is 1. The van der Waals surface area contributed by atoms with Crippen LogP contribution in [-0.4, -0.2) is 11.8 Å². The van der Waals surface area contributed by atoms with Gasteiger partial charge in [0.15, 0.2) is 0 Å². The maximum atomic E-state index is 12.1. The van der Waals surface area contributed by atoms with Gasteiger partial charge >= 0.3 is 0 Å². The van der Waals surface area contributed by atoms with Gasteiger partial charge in [-0.1, -0.05) is 23.8 Å². The summed E-state index contributed by atoms with van der Waals surface area (Å²) in [5.41, 5.74) is 8.63. The minimum atomic E-state index is -0.505. The van der Waals surface area contributed by atoms with E-state index in [0.717, 1.165) is 11.1 Å². The highest BCUT2D eigenvalue weighted by atomic mass is 16.2. The van der Waals surface area contributed by atoms with Crippen LogP contribution in [0.4, 0.5) is 5.69 Å². The second-order valence-electron chi connectivity index (χ2n) is 4.72. The standard InChI is InChI=1S/C16H16N2O2/c1-10-4-3-5-12(8-10)16(20)18-13-7-6-11(2)14(9-13)15(17)19/h3-9H,1-2H3,(H2,17,19)(H,18,20). The summed E-state index contributed by atoms with van der Waals surface area (Å²) >= 11 is 0. The molecule has 2 rings (SSSR count). The summed E-state index contributed by atoms with van der Waals surface area (Å²) in [5.74, 6) is -0.720. The maximum Gasteiger partial charge on any atom is 0.255 e. The molecule has 0 spiro atoms. The minimum Gasteiger partial charge on any atom is -0.366 e. The van der Waals surface area contributed by atoms with Crippen molar-refractivity contribution in [1.82, 2.24) is 0 Å². The van der Waals surface area contributed by atoms with Gasteiger partial charge in [-0.15, -0.1) is 0 Å². The lowest BCUT2D eigenvalue weighted by Gasteiger charge is -2.08. The third kappa shape index (κ3) is 3.03. The van der Waals surface area contributed by atoms with Gasteiger partial charge in [0, 0.05) is 16.8 Å². The monoisotopic (exact) mass is 268 g/mol. The Balaban J connectivity index is 2.24. The molecule has 0 aliphatic rings. The van der Waals surface area contributed by atoms with E-state index in [1.165, 1.54) is 0 Å². The molecule has 2 aromatic carbocycles. The average Bonchev–Trinajstić information content (AvgIpc) is 2.40. The fraction of sp³-hybridized carbons (Fsp3) is 0.125. The van der Waals surface area contributed by atoms with Crippen molar-refractivity contribution < 1.29 is 9.59 Å². The van der Waals surface area contributed by atoms with E-state index < -0.39 is 5.91 Å². The van der Waals surface area contributed by atoms with Gasteiger partial charge in [0.05, 0.1) is 0 Å². The lowest BCUT2D eigenvalue weighted by Crippen LogP contribution is -2.15. The van der Waals surface area contributed by atoms with Crippen LogP contribution < -0.4 is 11.1 Å². The zero-order chi connectivity index (χ0) is 14.7. The van der Waals surface area contributed by atoms with Crippen LogP contribution in [0.25, 0.3) is 0 Å². The summed E-state index contributed by atoms with van der Waals surface area (Å²) in [6.45, 7) is 3.72. The van der Waals surface area contributed by atoms with Gasteiger partial charge in [-0.2, -0.15) is 0 Å². The molecule has 4 nitrogen and oxygen atoms in total. The molecule has 2 amide bonds. The molecule has 0 aromatic heterocycles. The summed E-state index contributed by atoms with van der Waals surface area (Å²) in [4.78, 5) is 23.4. The second-order valence-corrected chi connectivity index (χ2v) is 4.72. The molecule has 0 aliphatic heterocycles. The molecule has 3 N–H and O–H groups in total. The zero-order valence-electron chi connectivity index (χ0n) is 11.4. The molecule has 0 aliphatic carbocycles. The fourth-order valence-corrected chi connectivity index (χ4v) is 1.95. The Hall–Kier alpha value is -2.62. The second kappa shape index (κ2) is 5.57. The normalized spacial score (nSPS) is 10.1. The number of carbonyl (C=O) groups excluding carboxylic acids is 2. The van der Waals surface area contributed by atoms with Crippen molar-refractivity contribution in [2.45, 2.75) is 13.8 Å². The molecule has 0 unspecified atom stereocenters. The van der Waals surface area contributed by atoms with Crippen molar-refractivity contribution in [2.75, 3.05) is 5.32 Å². The van der Waals surface area contributed by atoms with Crippen LogP contribution in [0.5, 0.6) is 0 Å². The molecule has 102 valence electrons. The molecule has 0 fully saturated rings. The number of amides is 2. The Morgan fingerprint density at radius 2 is 1.80 bits per heavy atom. The number of primary amides is 1. The van der Waals surface area contributed by atoms with Crippen LogP contribution in [0.15, 0.2) is 42.5 Å². The summed E-state index contributed by atoms with van der Waals surface area (Å²) in [6.07, 6.45) is 0. The molecule has 4 heteroatoms. The molecule has 0 bridgehead atoms. The summed E-state index contributed by atoms with van der Waals surface area (Å²) in [5, 5.41) is 2.76. The Labute approximate surface area is 117 Å². The van der Waals surface area contributed by atoms with Gasteiger partial charge < -0.3 is 11.1 Å². The van der Waals surface area contributed by atoms with E-state index >= 15 is 0 Å². The van der Waals surface area contributed by atoms with Crippen LogP contribution >= 0.6 is 0 Å². The van der Waals surface area contributed by atoms with Crippen LogP contribution in [0.2, 0.25) is 0 Å². The average molecular weight is 268 g/mol. The van der Waals surface area contributed by atoms with Crippen molar-refractivity contribution in [1.29, 1.82) is 0 Å². The van der Waals surface area contributed by atoms with Crippen molar-refractivity contribution in [3.63, 3.8) is 0 Å². The molecule has 2 aromatic rings. The van der Waals surface area contributed by atoms with E-state index in [1.54, 1.807) is 37.3 Å². The molecule has 0 radical (unpaired) electrons. The van der Waals surface area contributed by atoms with E-state index in [2.05, 4.69) is 5.32 Å². The first-order valence-electron chi connectivity index (χ1n) is 6.26. The Kier molecular flexibility index (Phi) is 3.84. The summed E-state index contributed by atoms with van der Waals surface area (Å²) in [6, 6.07) is 12.4. The van der Waals surface area contributed by atoms with Crippen LogP contribution in [0, 0.1) is 13.8 Å². The number of nitrogens with one attached hydrogen (secondary N) is 1. The van der Waals surface area contributed by atoms with E-state index in [1.807, 2.05) is 19.1 Å². The smallest absolute Gasteiger partial charge is 0.255 e. The number of benzene rings is 2. The molecule has 0 heterocycles. The Bertz CT molecular complexity index is 678. The SMILES string of the molecule is Cc1cccc(C(=O)Nc2ccc(C)c(C(N)=O)c2)c1. The predicted molar refractivity (Wildman–Crippen MR) is 78.8 cm³/mol. The van der Waals surface area contributed by atoms with Crippen molar-refractivity contribution in [2.24, 2.45) is 5.73 Å². The first-order chi connectivity index (χ1) is 9.47. The molecular formula is C16H16N2O2. The van der Waals surface area contributed by atoms with Gasteiger partial charge in [0.2, 0.25) is 5.91 Å². The Morgan fingerprint density at radius 1 is 1.05 bits per heavy atom. The van der Waals surface area contributed by atoms with Gasteiger partial charge in [0.25, 0.3) is 5.91 Å². The molecule has 0 atom stereocenters. The van der Waals surface area contributed by atoms with Gasteiger partial charge in [-0.25, -0.2) is 0 Å². The zero-order valence-corrected chi connectivity index (χ0v) is 11.4. The number of hydrogen-bond acceptors (Lipinski definition) is 2. The van der Waals surface area contributed by atoms with Gasteiger partial charge in [-0.05, 0) is 43.7 Å². The number of rotatable bonds is 3. The van der Waals surface area contributed by atoms with Crippen molar-refractivity contribution in [3.05, 3.63) is 64.7 Å². The third-order valence-electron chi connectivity index (χ3n) is 3.04. The summed E-state index contributed by atoms with van der Waals surface area (Å²) < 4.78 is 0. The highest BCUT2D eigenvalue weighted by Gasteiger charge is 2.09. The quantitative estimate of drug-likeness (QED) is 0.898. The first kappa shape index (κ1) is 13.8. The van der Waals surface area contributed by atoms with Crippen LogP contribution in [0.3, 0.4) is 0 Å². The van der Waals surface area contributed by atoms with E-state index in [9.17, 15) is 9.59 Å². The Morgan fingerprint density at radius 3 is 2.45 bits per heavy atom. The summed E-state index contributed by atoms with van der Waals surface area (Å²) in [7, 11) is 0. The van der Waals surface area contributed by atoms with E-state index in [4.69, 9.17) is 5.73 Å². The molecule has 0 saturated carbocycles.